The Hall–Kier alpha value is -4.76. The number of anilines is 3. The first-order valence-corrected chi connectivity index (χ1v) is 13.4. The van der Waals surface area contributed by atoms with Crippen LogP contribution >= 0.6 is 0 Å². The van der Waals surface area contributed by atoms with Crippen LogP contribution in [0.5, 0.6) is 0 Å². The summed E-state index contributed by atoms with van der Waals surface area (Å²) in [6, 6.07) is 19.9. The van der Waals surface area contributed by atoms with Crippen LogP contribution in [-0.4, -0.2) is 34.5 Å². The Bertz CT molecular complexity index is 1620. The highest BCUT2D eigenvalue weighted by Crippen LogP contribution is 2.29. The number of aryl methyl sites for hydroxylation is 1. The van der Waals surface area contributed by atoms with Crippen molar-refractivity contribution < 1.29 is 9.59 Å². The van der Waals surface area contributed by atoms with Gasteiger partial charge in [0.1, 0.15) is 0 Å². The summed E-state index contributed by atoms with van der Waals surface area (Å²) >= 11 is 0. The third-order valence-electron chi connectivity index (χ3n) is 6.78. The van der Waals surface area contributed by atoms with Gasteiger partial charge in [-0.3, -0.25) is 14.4 Å². The maximum absolute atomic E-state index is 13.0. The van der Waals surface area contributed by atoms with Gasteiger partial charge in [0.2, 0.25) is 0 Å². The summed E-state index contributed by atoms with van der Waals surface area (Å²) in [5.74, 6) is -0.290. The van der Waals surface area contributed by atoms with E-state index in [-0.39, 0.29) is 28.6 Å². The van der Waals surface area contributed by atoms with E-state index < -0.39 is 0 Å². The Balaban J connectivity index is 1.57. The van der Waals surface area contributed by atoms with Crippen LogP contribution in [0.2, 0.25) is 0 Å². The maximum Gasteiger partial charge on any atom is 0.293 e. The highest BCUT2D eigenvalue weighted by molar-refractivity contribution is 6.05. The van der Waals surface area contributed by atoms with Gasteiger partial charge in [0.05, 0.1) is 5.69 Å². The summed E-state index contributed by atoms with van der Waals surface area (Å²) in [7, 11) is 1.66. The number of carbonyl (C=O) groups is 2. The molecule has 212 valence electrons. The van der Waals surface area contributed by atoms with Crippen molar-refractivity contribution in [1.29, 1.82) is 0 Å². The van der Waals surface area contributed by atoms with Crippen molar-refractivity contribution in [1.82, 2.24) is 14.9 Å². The molecule has 0 saturated heterocycles. The Morgan fingerprint density at radius 1 is 0.927 bits per heavy atom. The fraction of sp³-hybridized carbons (Fsp3) is 0.250. The van der Waals surface area contributed by atoms with Crippen LogP contribution in [0.1, 0.15) is 52.6 Å². The molecule has 9 nitrogen and oxygen atoms in total. The topological polar surface area (TPSA) is 131 Å². The zero-order chi connectivity index (χ0) is 29.7. The average molecular weight is 553 g/mol. The molecule has 0 bridgehead atoms. The zero-order valence-corrected chi connectivity index (χ0v) is 24.0. The summed E-state index contributed by atoms with van der Waals surface area (Å²) in [4.78, 5) is 42.7. The summed E-state index contributed by atoms with van der Waals surface area (Å²) < 4.78 is 1.46. The van der Waals surface area contributed by atoms with E-state index in [0.29, 0.717) is 41.3 Å². The highest BCUT2D eigenvalue weighted by Gasteiger charge is 2.17. The van der Waals surface area contributed by atoms with E-state index >= 15 is 0 Å². The highest BCUT2D eigenvalue weighted by atomic mass is 16.2. The molecule has 3 aromatic carbocycles. The number of nitrogens with two attached hydrogens (primary N) is 1. The monoisotopic (exact) mass is 552 g/mol. The van der Waals surface area contributed by atoms with Gasteiger partial charge in [-0.25, -0.2) is 4.98 Å². The number of amides is 2. The van der Waals surface area contributed by atoms with Gasteiger partial charge >= 0.3 is 0 Å². The molecule has 0 saturated carbocycles. The Kier molecular flexibility index (Phi) is 8.68. The number of carbonyl (C=O) groups excluding carboxylic acids is 2. The van der Waals surface area contributed by atoms with Gasteiger partial charge in [-0.2, -0.15) is 0 Å². The zero-order valence-electron chi connectivity index (χ0n) is 24.0. The standard InChI is InChI=1S/C32H36N6O3/c1-20-25(7-6-8-26(20)37-30(40)22-9-13-23(14-10-22)32(2,3)4)27-19-38(5)31(41)28(36-27)35-24-15-11-21(12-16-24)29(39)34-18-17-33/h6-16,19H,17-18,33H2,1-5H3,(H,34,39)(H,35,36)(H,37,40). The Morgan fingerprint density at radius 3 is 2.20 bits per heavy atom. The summed E-state index contributed by atoms with van der Waals surface area (Å²) in [5.41, 5.74) is 10.8. The molecule has 0 aliphatic rings. The number of nitrogens with one attached hydrogen (secondary N) is 3. The predicted molar refractivity (Wildman–Crippen MR) is 164 cm³/mol. The second-order valence-corrected chi connectivity index (χ2v) is 10.9. The number of hydrogen-bond donors (Lipinski definition) is 4. The third kappa shape index (κ3) is 6.88. The lowest BCUT2D eigenvalue weighted by molar-refractivity contribution is 0.0954. The first kappa shape index (κ1) is 29.2. The molecule has 0 fully saturated rings. The lowest BCUT2D eigenvalue weighted by Crippen LogP contribution is -2.28. The lowest BCUT2D eigenvalue weighted by atomic mass is 9.86. The molecule has 41 heavy (non-hydrogen) atoms. The number of aromatic nitrogens is 2. The van der Waals surface area contributed by atoms with Crippen LogP contribution in [-0.2, 0) is 12.5 Å². The SMILES string of the molecule is Cc1c(NC(=O)c2ccc(C(C)(C)C)cc2)cccc1-c1cn(C)c(=O)c(Nc2ccc(C(=O)NCCN)cc2)n1. The van der Waals surface area contributed by atoms with Crippen molar-refractivity contribution in [3.8, 4) is 11.3 Å². The van der Waals surface area contributed by atoms with E-state index in [9.17, 15) is 14.4 Å². The molecule has 5 N–H and O–H groups in total. The van der Waals surface area contributed by atoms with E-state index in [0.717, 1.165) is 16.7 Å². The number of nitrogens with zero attached hydrogens (tertiary/aromatic N) is 2. The number of hydrogen-bond acceptors (Lipinski definition) is 6. The quantitative estimate of drug-likeness (QED) is 0.250. The minimum absolute atomic E-state index is 0.000823. The van der Waals surface area contributed by atoms with Gasteiger partial charge in [-0.05, 0) is 65.9 Å². The molecule has 0 radical (unpaired) electrons. The largest absolute Gasteiger partial charge is 0.351 e. The fourth-order valence-electron chi connectivity index (χ4n) is 4.31. The van der Waals surface area contributed by atoms with Gasteiger partial charge in [0, 0.05) is 54.4 Å². The van der Waals surface area contributed by atoms with Crippen LogP contribution in [0.15, 0.2) is 77.7 Å². The maximum atomic E-state index is 13.0. The molecule has 9 heteroatoms. The molecular weight excluding hydrogens is 516 g/mol. The van der Waals surface area contributed by atoms with Crippen LogP contribution < -0.4 is 27.2 Å². The van der Waals surface area contributed by atoms with Crippen molar-refractivity contribution in [2.75, 3.05) is 23.7 Å². The molecule has 0 aliphatic heterocycles. The first-order chi connectivity index (χ1) is 19.5. The smallest absolute Gasteiger partial charge is 0.293 e. The van der Waals surface area contributed by atoms with Gasteiger partial charge < -0.3 is 26.3 Å². The van der Waals surface area contributed by atoms with Crippen molar-refractivity contribution in [3.63, 3.8) is 0 Å². The van der Waals surface area contributed by atoms with Crippen molar-refractivity contribution >= 4 is 29.0 Å². The summed E-state index contributed by atoms with van der Waals surface area (Å²) in [6.07, 6.45) is 1.66. The van der Waals surface area contributed by atoms with Crippen molar-refractivity contribution in [3.05, 3.63) is 106 Å². The first-order valence-electron chi connectivity index (χ1n) is 13.4. The molecule has 0 atom stereocenters. The molecular formula is C32H36N6O3. The normalized spacial score (nSPS) is 11.2. The second kappa shape index (κ2) is 12.2. The summed E-state index contributed by atoms with van der Waals surface area (Å²) in [6.45, 7) is 9.05. The Labute approximate surface area is 239 Å². The van der Waals surface area contributed by atoms with Gasteiger partial charge in [-0.1, -0.05) is 45.0 Å². The van der Waals surface area contributed by atoms with Gasteiger partial charge in [0.25, 0.3) is 17.4 Å². The molecule has 0 aliphatic carbocycles. The van der Waals surface area contributed by atoms with Crippen LogP contribution in [0, 0.1) is 6.92 Å². The number of rotatable bonds is 8. The predicted octanol–water partition coefficient (Wildman–Crippen LogP) is 4.74. The van der Waals surface area contributed by atoms with E-state index in [1.54, 1.807) is 37.5 Å². The van der Waals surface area contributed by atoms with E-state index in [1.807, 2.05) is 49.4 Å². The van der Waals surface area contributed by atoms with Crippen molar-refractivity contribution in [2.45, 2.75) is 33.1 Å². The Morgan fingerprint density at radius 2 is 1.56 bits per heavy atom. The van der Waals surface area contributed by atoms with Crippen LogP contribution in [0.25, 0.3) is 11.3 Å². The third-order valence-corrected chi connectivity index (χ3v) is 6.78. The van der Waals surface area contributed by atoms with Gasteiger partial charge in [0.15, 0.2) is 5.82 Å². The minimum atomic E-state index is -0.306. The molecule has 0 spiro atoms. The van der Waals surface area contributed by atoms with E-state index in [2.05, 4.69) is 41.7 Å². The van der Waals surface area contributed by atoms with Crippen LogP contribution in [0.4, 0.5) is 17.2 Å². The van der Waals surface area contributed by atoms with E-state index in [4.69, 9.17) is 5.73 Å². The van der Waals surface area contributed by atoms with Crippen molar-refractivity contribution in [2.24, 2.45) is 12.8 Å². The van der Waals surface area contributed by atoms with Gasteiger partial charge in [-0.15, -0.1) is 0 Å². The average Bonchev–Trinajstić information content (AvgIpc) is 2.95. The number of benzene rings is 3. The minimum Gasteiger partial charge on any atom is -0.351 e. The molecule has 2 amide bonds. The molecule has 0 unspecified atom stereocenters. The van der Waals surface area contributed by atoms with Crippen LogP contribution in [0.3, 0.4) is 0 Å². The molecule has 1 aromatic heterocycles. The van der Waals surface area contributed by atoms with E-state index in [1.165, 1.54) is 4.57 Å². The lowest BCUT2D eigenvalue weighted by Gasteiger charge is -2.19. The molecule has 1 heterocycles. The fourth-order valence-corrected chi connectivity index (χ4v) is 4.31. The second-order valence-electron chi connectivity index (χ2n) is 10.9. The molecule has 4 aromatic rings. The molecule has 4 rings (SSSR count). The summed E-state index contributed by atoms with van der Waals surface area (Å²) in [5, 5.41) is 8.80.